The predicted molar refractivity (Wildman–Crippen MR) is 83.7 cm³/mol. The maximum Gasteiger partial charge on any atom is 0.305 e. The number of amides is 1. The van der Waals surface area contributed by atoms with Gasteiger partial charge in [-0.2, -0.15) is 0 Å². The Balaban J connectivity index is 1.76. The second-order valence-corrected chi connectivity index (χ2v) is 6.18. The molecule has 5 heteroatoms. The summed E-state index contributed by atoms with van der Waals surface area (Å²) in [6, 6.07) is 10.00. The van der Waals surface area contributed by atoms with Gasteiger partial charge in [0.05, 0.1) is 12.0 Å². The smallest absolute Gasteiger partial charge is 0.305 e. The average Bonchev–Trinajstić information content (AvgIpc) is 2.72. The number of hydrogen-bond donors (Lipinski definition) is 2. The molecule has 116 valence electrons. The van der Waals surface area contributed by atoms with Gasteiger partial charge in [0.15, 0.2) is 0 Å². The molecule has 1 aliphatic rings. The van der Waals surface area contributed by atoms with E-state index in [-0.39, 0.29) is 18.9 Å². The van der Waals surface area contributed by atoms with Crippen LogP contribution in [0.5, 0.6) is 0 Å². The zero-order valence-corrected chi connectivity index (χ0v) is 12.6. The Bertz CT molecular complexity index is 729. The summed E-state index contributed by atoms with van der Waals surface area (Å²) in [6.45, 7) is 2.20. The lowest BCUT2D eigenvalue weighted by Crippen LogP contribution is -2.55. The Hall–Kier alpha value is -2.30. The van der Waals surface area contributed by atoms with Crippen molar-refractivity contribution in [3.8, 4) is 0 Å². The van der Waals surface area contributed by atoms with E-state index >= 15 is 0 Å². The molecule has 0 radical (unpaired) electrons. The summed E-state index contributed by atoms with van der Waals surface area (Å²) in [4.78, 5) is 23.3. The summed E-state index contributed by atoms with van der Waals surface area (Å²) in [5.74, 6) is -0.979. The molecule has 1 saturated carbocycles. The van der Waals surface area contributed by atoms with E-state index in [9.17, 15) is 9.59 Å². The lowest BCUT2D eigenvalue weighted by molar-refractivity contribution is -0.140. The molecule has 5 nitrogen and oxygen atoms in total. The van der Waals surface area contributed by atoms with Crippen LogP contribution in [0.2, 0.25) is 0 Å². The molecular formula is C17H20N2O3. The monoisotopic (exact) mass is 300 g/mol. The van der Waals surface area contributed by atoms with Crippen LogP contribution in [0.4, 0.5) is 0 Å². The van der Waals surface area contributed by atoms with Crippen LogP contribution in [-0.2, 0) is 16.1 Å². The summed E-state index contributed by atoms with van der Waals surface area (Å²) < 4.78 is 1.97. The topological polar surface area (TPSA) is 71.3 Å². The first-order valence-corrected chi connectivity index (χ1v) is 7.57. The van der Waals surface area contributed by atoms with Crippen molar-refractivity contribution in [1.29, 1.82) is 0 Å². The number of benzene rings is 1. The van der Waals surface area contributed by atoms with E-state index in [4.69, 9.17) is 5.11 Å². The fourth-order valence-corrected chi connectivity index (χ4v) is 3.28. The number of nitrogens with one attached hydrogen (secondary N) is 1. The van der Waals surface area contributed by atoms with Gasteiger partial charge >= 0.3 is 5.97 Å². The molecular weight excluding hydrogens is 280 g/mol. The Morgan fingerprint density at radius 1 is 1.32 bits per heavy atom. The molecule has 0 bridgehead atoms. The third-order valence-corrected chi connectivity index (χ3v) is 4.52. The minimum absolute atomic E-state index is 0.00412. The summed E-state index contributed by atoms with van der Waals surface area (Å²) >= 11 is 0. The SMILES string of the molecule is Cc1cc2ccccc2n1CC(=O)NC1(CC(=O)O)CCC1. The van der Waals surface area contributed by atoms with Crippen LogP contribution >= 0.6 is 0 Å². The molecule has 0 unspecified atom stereocenters. The number of aliphatic carboxylic acids is 1. The summed E-state index contributed by atoms with van der Waals surface area (Å²) in [7, 11) is 0. The molecule has 1 aromatic heterocycles. The molecule has 1 aliphatic carbocycles. The van der Waals surface area contributed by atoms with Crippen molar-refractivity contribution in [2.24, 2.45) is 0 Å². The van der Waals surface area contributed by atoms with E-state index in [1.165, 1.54) is 0 Å². The lowest BCUT2D eigenvalue weighted by Gasteiger charge is -2.41. The van der Waals surface area contributed by atoms with Crippen LogP contribution < -0.4 is 5.32 Å². The quantitative estimate of drug-likeness (QED) is 0.891. The summed E-state index contributed by atoms with van der Waals surface area (Å²) in [5, 5.41) is 13.1. The third-order valence-electron chi connectivity index (χ3n) is 4.52. The van der Waals surface area contributed by atoms with E-state index in [1.54, 1.807) is 0 Å². The Morgan fingerprint density at radius 3 is 2.68 bits per heavy atom. The number of para-hydroxylation sites is 1. The van der Waals surface area contributed by atoms with Gasteiger partial charge in [-0.15, -0.1) is 0 Å². The molecule has 0 atom stereocenters. The number of carbonyl (C=O) groups excluding carboxylic acids is 1. The second kappa shape index (κ2) is 5.48. The maximum absolute atomic E-state index is 12.4. The zero-order valence-electron chi connectivity index (χ0n) is 12.6. The van der Waals surface area contributed by atoms with Crippen LogP contribution in [0.25, 0.3) is 10.9 Å². The highest BCUT2D eigenvalue weighted by atomic mass is 16.4. The molecule has 2 aromatic rings. The van der Waals surface area contributed by atoms with Crippen molar-refractivity contribution in [3.63, 3.8) is 0 Å². The minimum atomic E-state index is -0.859. The van der Waals surface area contributed by atoms with Crippen LogP contribution in [0, 0.1) is 6.92 Å². The Kier molecular flexibility index (Phi) is 3.64. The number of nitrogens with zero attached hydrogens (tertiary/aromatic N) is 1. The number of carboxylic acids is 1. The van der Waals surface area contributed by atoms with Crippen molar-refractivity contribution >= 4 is 22.8 Å². The van der Waals surface area contributed by atoms with Crippen LogP contribution in [-0.4, -0.2) is 27.1 Å². The van der Waals surface area contributed by atoms with Crippen LogP contribution in [0.1, 0.15) is 31.4 Å². The Labute approximate surface area is 128 Å². The number of carbonyl (C=O) groups is 2. The summed E-state index contributed by atoms with van der Waals surface area (Å²) in [6.07, 6.45) is 2.47. The van der Waals surface area contributed by atoms with Gasteiger partial charge in [-0.05, 0) is 43.7 Å². The molecule has 0 aliphatic heterocycles. The van der Waals surface area contributed by atoms with Gasteiger partial charge in [0.25, 0.3) is 0 Å². The van der Waals surface area contributed by atoms with Gasteiger partial charge in [0.2, 0.25) is 5.91 Å². The van der Waals surface area contributed by atoms with E-state index in [0.717, 1.165) is 35.9 Å². The van der Waals surface area contributed by atoms with Gasteiger partial charge < -0.3 is 15.0 Å². The molecule has 0 saturated heterocycles. The van der Waals surface area contributed by atoms with E-state index in [0.29, 0.717) is 0 Å². The van der Waals surface area contributed by atoms with E-state index in [2.05, 4.69) is 11.4 Å². The van der Waals surface area contributed by atoms with Gasteiger partial charge in [0.1, 0.15) is 6.54 Å². The van der Waals surface area contributed by atoms with Crippen molar-refractivity contribution in [2.45, 2.75) is 44.7 Å². The largest absolute Gasteiger partial charge is 0.481 e. The maximum atomic E-state index is 12.4. The highest BCUT2D eigenvalue weighted by Gasteiger charge is 2.40. The third kappa shape index (κ3) is 2.71. The number of rotatable bonds is 5. The molecule has 22 heavy (non-hydrogen) atoms. The van der Waals surface area contributed by atoms with Crippen LogP contribution in [0.15, 0.2) is 30.3 Å². The number of carboxylic acid groups (broad SMARTS) is 1. The first kappa shape index (κ1) is 14.6. The van der Waals surface area contributed by atoms with Crippen molar-refractivity contribution in [1.82, 2.24) is 9.88 Å². The molecule has 0 spiro atoms. The summed E-state index contributed by atoms with van der Waals surface area (Å²) in [5.41, 5.74) is 1.51. The fraction of sp³-hybridized carbons (Fsp3) is 0.412. The lowest BCUT2D eigenvalue weighted by atomic mass is 9.74. The van der Waals surface area contributed by atoms with Crippen molar-refractivity contribution in [3.05, 3.63) is 36.0 Å². The highest BCUT2D eigenvalue weighted by molar-refractivity contribution is 5.85. The normalized spacial score (nSPS) is 16.2. The Morgan fingerprint density at radius 2 is 2.05 bits per heavy atom. The van der Waals surface area contributed by atoms with Gasteiger partial charge in [0, 0.05) is 11.2 Å². The van der Waals surface area contributed by atoms with E-state index in [1.807, 2.05) is 35.8 Å². The molecule has 1 amide bonds. The standard InChI is InChI=1S/C17H20N2O3/c1-12-9-13-5-2-3-6-14(13)19(12)11-15(20)18-17(7-4-8-17)10-16(21)22/h2-3,5-6,9H,4,7-8,10-11H2,1H3,(H,18,20)(H,21,22). The number of aromatic nitrogens is 1. The first-order valence-electron chi connectivity index (χ1n) is 7.57. The average molecular weight is 300 g/mol. The van der Waals surface area contributed by atoms with Gasteiger partial charge in [-0.3, -0.25) is 9.59 Å². The number of hydrogen-bond acceptors (Lipinski definition) is 2. The number of aryl methyl sites for hydroxylation is 1. The minimum Gasteiger partial charge on any atom is -0.481 e. The van der Waals surface area contributed by atoms with Crippen molar-refractivity contribution < 1.29 is 14.7 Å². The van der Waals surface area contributed by atoms with Crippen LogP contribution in [0.3, 0.4) is 0 Å². The molecule has 1 aromatic carbocycles. The fourth-order valence-electron chi connectivity index (χ4n) is 3.28. The van der Waals surface area contributed by atoms with Gasteiger partial charge in [-0.25, -0.2) is 0 Å². The number of fused-ring (bicyclic) bond motifs is 1. The molecule has 2 N–H and O–H groups in total. The second-order valence-electron chi connectivity index (χ2n) is 6.18. The first-order chi connectivity index (χ1) is 10.5. The van der Waals surface area contributed by atoms with E-state index < -0.39 is 11.5 Å². The zero-order chi connectivity index (χ0) is 15.7. The molecule has 1 fully saturated rings. The molecule has 3 rings (SSSR count). The van der Waals surface area contributed by atoms with Gasteiger partial charge in [-0.1, -0.05) is 18.2 Å². The van der Waals surface area contributed by atoms with Crippen molar-refractivity contribution in [2.75, 3.05) is 0 Å². The molecule has 1 heterocycles. The highest BCUT2D eigenvalue weighted by Crippen LogP contribution is 2.35. The predicted octanol–water partition coefficient (Wildman–Crippen LogP) is 2.46.